The summed E-state index contributed by atoms with van der Waals surface area (Å²) >= 11 is 1.21. The second-order valence-electron chi connectivity index (χ2n) is 7.74. The van der Waals surface area contributed by atoms with Crippen molar-refractivity contribution in [3.8, 4) is 0 Å². The Labute approximate surface area is 204 Å². The van der Waals surface area contributed by atoms with Crippen LogP contribution in [0.4, 0.5) is 41.3 Å². The maximum Gasteiger partial charge on any atom is 0.421 e. The fourth-order valence-electron chi connectivity index (χ4n) is 3.57. The van der Waals surface area contributed by atoms with Crippen molar-refractivity contribution in [3.05, 3.63) is 52.5 Å². The van der Waals surface area contributed by atoms with Gasteiger partial charge in [0, 0.05) is 42.6 Å². The fraction of sp³-hybridized carbons (Fsp3) is 0.348. The Morgan fingerprint density at radius 3 is 2.51 bits per heavy atom. The number of amides is 1. The summed E-state index contributed by atoms with van der Waals surface area (Å²) in [5.74, 6) is -0.840. The number of ether oxygens (including phenoxy) is 1. The average molecular weight is 507 g/mol. The molecule has 1 saturated heterocycles. The number of carbonyl (C=O) groups excluding carboxylic acids is 1. The number of alkyl halides is 3. The molecule has 186 valence electrons. The van der Waals surface area contributed by atoms with Crippen LogP contribution in [-0.2, 0) is 17.3 Å². The van der Waals surface area contributed by atoms with Crippen LogP contribution in [0.15, 0.2) is 36.5 Å². The number of rotatable bonds is 7. The number of thiophene rings is 1. The molecule has 0 unspecified atom stereocenters. The van der Waals surface area contributed by atoms with Gasteiger partial charge < -0.3 is 25.6 Å². The zero-order valence-electron chi connectivity index (χ0n) is 19.2. The van der Waals surface area contributed by atoms with Gasteiger partial charge in [0.25, 0.3) is 5.91 Å². The normalized spacial score (nSPS) is 14.0. The summed E-state index contributed by atoms with van der Waals surface area (Å²) in [5.41, 5.74) is 0.887. The molecule has 0 atom stereocenters. The molecule has 0 aliphatic carbocycles. The summed E-state index contributed by atoms with van der Waals surface area (Å²) in [5, 5.41) is 8.47. The van der Waals surface area contributed by atoms with Crippen LogP contribution in [0, 0.1) is 0 Å². The molecule has 12 heteroatoms. The smallest absolute Gasteiger partial charge is 0.378 e. The van der Waals surface area contributed by atoms with Gasteiger partial charge in [0.05, 0.1) is 18.8 Å². The van der Waals surface area contributed by atoms with Crippen LogP contribution >= 0.6 is 11.3 Å². The van der Waals surface area contributed by atoms with E-state index in [4.69, 9.17) is 4.74 Å². The lowest BCUT2D eigenvalue weighted by Gasteiger charge is -2.28. The van der Waals surface area contributed by atoms with Gasteiger partial charge in [-0.2, -0.15) is 18.2 Å². The standard InChI is InChI=1S/C23H25F3N6O2S/c1-3-16-12-17(20(33)27-2)21(35-16)30-19-18(23(24,25)26)13-28-22(31-19)29-14-4-6-15(7-5-14)32-8-10-34-11-9-32/h4-7,12-13H,3,8-11H2,1-2H3,(H,27,33)(H2,28,29,30,31). The lowest BCUT2D eigenvalue weighted by atomic mass is 10.2. The van der Waals surface area contributed by atoms with E-state index in [2.05, 4.69) is 30.8 Å². The minimum absolute atomic E-state index is 0.00612. The Balaban J connectivity index is 1.60. The molecule has 0 radical (unpaired) electrons. The maximum absolute atomic E-state index is 13.7. The van der Waals surface area contributed by atoms with E-state index < -0.39 is 23.5 Å². The van der Waals surface area contributed by atoms with Crippen LogP contribution in [0.1, 0.15) is 27.7 Å². The number of hydrogen-bond donors (Lipinski definition) is 3. The highest BCUT2D eigenvalue weighted by atomic mass is 32.1. The van der Waals surface area contributed by atoms with E-state index in [1.54, 1.807) is 6.07 Å². The van der Waals surface area contributed by atoms with E-state index in [9.17, 15) is 18.0 Å². The van der Waals surface area contributed by atoms with Crippen molar-refractivity contribution in [2.45, 2.75) is 19.5 Å². The third-order valence-corrected chi connectivity index (χ3v) is 6.62. The minimum atomic E-state index is -4.68. The summed E-state index contributed by atoms with van der Waals surface area (Å²) in [6.45, 7) is 4.83. The predicted molar refractivity (Wildman–Crippen MR) is 130 cm³/mol. The molecule has 2 aromatic heterocycles. The van der Waals surface area contributed by atoms with Crippen LogP contribution < -0.4 is 20.9 Å². The number of aromatic nitrogens is 2. The van der Waals surface area contributed by atoms with E-state index in [-0.39, 0.29) is 16.5 Å². The molecule has 1 aromatic carbocycles. The van der Waals surface area contributed by atoms with E-state index in [1.165, 1.54) is 18.4 Å². The second kappa shape index (κ2) is 10.5. The lowest BCUT2D eigenvalue weighted by Crippen LogP contribution is -2.36. The van der Waals surface area contributed by atoms with Crippen molar-refractivity contribution < 1.29 is 22.7 Å². The van der Waals surface area contributed by atoms with Crippen LogP contribution in [0.3, 0.4) is 0 Å². The molecular weight excluding hydrogens is 481 g/mol. The predicted octanol–water partition coefficient (Wildman–Crippen LogP) is 4.80. The molecule has 3 N–H and O–H groups in total. The summed E-state index contributed by atoms with van der Waals surface area (Å²) in [6, 6.07) is 9.13. The van der Waals surface area contributed by atoms with Crippen molar-refractivity contribution in [1.82, 2.24) is 15.3 Å². The number of hydrogen-bond acceptors (Lipinski definition) is 8. The van der Waals surface area contributed by atoms with Crippen molar-refractivity contribution in [2.24, 2.45) is 0 Å². The first kappa shape index (κ1) is 24.7. The highest BCUT2D eigenvalue weighted by Gasteiger charge is 2.36. The zero-order valence-corrected chi connectivity index (χ0v) is 20.0. The maximum atomic E-state index is 13.7. The van der Waals surface area contributed by atoms with Crippen LogP contribution in [0.5, 0.6) is 0 Å². The molecule has 0 spiro atoms. The molecular formula is C23H25F3N6O2S. The average Bonchev–Trinajstić information content (AvgIpc) is 3.27. The van der Waals surface area contributed by atoms with Gasteiger partial charge in [-0.05, 0) is 36.8 Å². The lowest BCUT2D eigenvalue weighted by molar-refractivity contribution is -0.137. The number of morpholine rings is 1. The van der Waals surface area contributed by atoms with E-state index >= 15 is 0 Å². The number of benzene rings is 1. The molecule has 0 saturated carbocycles. The molecule has 35 heavy (non-hydrogen) atoms. The summed E-state index contributed by atoms with van der Waals surface area (Å²) in [6.07, 6.45) is -3.31. The highest BCUT2D eigenvalue weighted by Crippen LogP contribution is 2.38. The van der Waals surface area contributed by atoms with Crippen molar-refractivity contribution in [2.75, 3.05) is 48.9 Å². The topological polar surface area (TPSA) is 91.4 Å². The first-order valence-electron chi connectivity index (χ1n) is 11.0. The van der Waals surface area contributed by atoms with Crippen LogP contribution in [0.25, 0.3) is 0 Å². The molecule has 3 heterocycles. The van der Waals surface area contributed by atoms with Crippen LogP contribution in [-0.4, -0.2) is 49.2 Å². The van der Waals surface area contributed by atoms with Gasteiger partial charge >= 0.3 is 6.18 Å². The van der Waals surface area contributed by atoms with Gasteiger partial charge in [-0.25, -0.2) is 4.98 Å². The van der Waals surface area contributed by atoms with Gasteiger partial charge in [0.2, 0.25) is 5.95 Å². The SMILES string of the molecule is CCc1cc(C(=O)NC)c(Nc2nc(Nc3ccc(N4CCOCC4)cc3)ncc2C(F)(F)F)s1. The monoisotopic (exact) mass is 506 g/mol. The molecule has 1 fully saturated rings. The first-order valence-corrected chi connectivity index (χ1v) is 11.9. The minimum Gasteiger partial charge on any atom is -0.378 e. The number of nitrogens with one attached hydrogen (secondary N) is 3. The molecule has 0 bridgehead atoms. The third kappa shape index (κ3) is 5.82. The molecule has 4 rings (SSSR count). The Kier molecular flexibility index (Phi) is 7.41. The largest absolute Gasteiger partial charge is 0.421 e. The van der Waals surface area contributed by atoms with Gasteiger partial charge in [-0.15, -0.1) is 11.3 Å². The number of carbonyl (C=O) groups is 1. The Morgan fingerprint density at radius 2 is 1.89 bits per heavy atom. The van der Waals surface area contributed by atoms with Gasteiger partial charge in [0.15, 0.2) is 0 Å². The zero-order chi connectivity index (χ0) is 25.0. The Morgan fingerprint density at radius 1 is 1.17 bits per heavy atom. The summed E-state index contributed by atoms with van der Waals surface area (Å²) < 4.78 is 46.5. The van der Waals surface area contributed by atoms with Crippen molar-refractivity contribution >= 4 is 45.4 Å². The second-order valence-corrected chi connectivity index (χ2v) is 8.87. The van der Waals surface area contributed by atoms with Crippen molar-refractivity contribution in [1.29, 1.82) is 0 Å². The van der Waals surface area contributed by atoms with Gasteiger partial charge in [-0.1, -0.05) is 6.92 Å². The molecule has 1 aliphatic heterocycles. The Bertz CT molecular complexity index is 1180. The Hall–Kier alpha value is -3.38. The number of nitrogens with zero attached hydrogens (tertiary/aromatic N) is 3. The van der Waals surface area contributed by atoms with Gasteiger partial charge in [0.1, 0.15) is 16.4 Å². The molecule has 1 aliphatic rings. The first-order chi connectivity index (χ1) is 16.8. The van der Waals surface area contributed by atoms with E-state index in [0.717, 1.165) is 29.9 Å². The molecule has 1 amide bonds. The number of anilines is 5. The highest BCUT2D eigenvalue weighted by molar-refractivity contribution is 7.16. The van der Waals surface area contributed by atoms with Gasteiger partial charge in [-0.3, -0.25) is 4.79 Å². The van der Waals surface area contributed by atoms with Crippen molar-refractivity contribution in [3.63, 3.8) is 0 Å². The van der Waals surface area contributed by atoms with Crippen LogP contribution in [0.2, 0.25) is 0 Å². The summed E-state index contributed by atoms with van der Waals surface area (Å²) in [7, 11) is 1.47. The number of halogens is 3. The molecule has 8 nitrogen and oxygen atoms in total. The van der Waals surface area contributed by atoms with E-state index in [1.807, 2.05) is 31.2 Å². The summed E-state index contributed by atoms with van der Waals surface area (Å²) in [4.78, 5) is 23.3. The van der Waals surface area contributed by atoms with E-state index in [0.29, 0.717) is 25.3 Å². The number of aryl methyl sites for hydroxylation is 1. The molecule has 3 aromatic rings. The fourth-order valence-corrected chi connectivity index (χ4v) is 4.56. The third-order valence-electron chi connectivity index (χ3n) is 5.43. The quantitative estimate of drug-likeness (QED) is 0.424.